The second kappa shape index (κ2) is 8.90. The Bertz CT molecular complexity index is 1880. The summed E-state index contributed by atoms with van der Waals surface area (Å²) >= 11 is 0. The number of fused-ring (bicyclic) bond motifs is 5. The highest BCUT2D eigenvalue weighted by Gasteiger charge is 2.50. The molecule has 0 saturated heterocycles. The number of benzene rings is 1. The fraction of sp³-hybridized carbons (Fsp3) is 0.286. The number of cyclic esters (lactones) is 1. The van der Waals surface area contributed by atoms with Gasteiger partial charge >= 0.3 is 17.6 Å². The Balaban J connectivity index is 1.49. The van der Waals surface area contributed by atoms with Crippen LogP contribution in [0.25, 0.3) is 22.3 Å². The maximum atomic E-state index is 13.8. The van der Waals surface area contributed by atoms with E-state index in [0.717, 1.165) is 45.3 Å². The maximum absolute atomic E-state index is 13.8. The number of para-hydroxylation sites is 1. The van der Waals surface area contributed by atoms with Crippen LogP contribution in [0, 0.1) is 0 Å². The van der Waals surface area contributed by atoms with Crippen molar-refractivity contribution in [1.29, 1.82) is 0 Å². The van der Waals surface area contributed by atoms with Gasteiger partial charge in [-0.3, -0.25) is 23.9 Å². The number of pyridine rings is 2. The Hall–Kier alpha value is -4.80. The van der Waals surface area contributed by atoms with Crippen molar-refractivity contribution in [2.24, 2.45) is 0 Å². The number of carbonyl (C=O) groups excluding carboxylic acids is 2. The molecule has 0 unspecified atom stereocenters. The van der Waals surface area contributed by atoms with Crippen LogP contribution in [0.15, 0.2) is 57.0 Å². The molecule has 2 aliphatic rings. The van der Waals surface area contributed by atoms with Gasteiger partial charge in [0.1, 0.15) is 13.2 Å². The second-order valence-corrected chi connectivity index (χ2v) is 9.57. The van der Waals surface area contributed by atoms with Gasteiger partial charge in [0.15, 0.2) is 0 Å². The van der Waals surface area contributed by atoms with Crippen molar-refractivity contribution in [3.63, 3.8) is 0 Å². The van der Waals surface area contributed by atoms with E-state index < -0.39 is 35.3 Å². The van der Waals surface area contributed by atoms with Crippen molar-refractivity contribution in [3.05, 3.63) is 96.0 Å². The van der Waals surface area contributed by atoms with Crippen LogP contribution in [-0.2, 0) is 50.8 Å². The van der Waals surface area contributed by atoms with Gasteiger partial charge in [0.05, 0.1) is 29.0 Å². The first kappa shape index (κ1) is 24.5. The molecule has 0 saturated carbocycles. The molecule has 6 rings (SSSR count). The summed E-state index contributed by atoms with van der Waals surface area (Å²) in [5.74, 6) is -1.71. The summed E-state index contributed by atoms with van der Waals surface area (Å²) < 4.78 is 13.7. The van der Waals surface area contributed by atoms with Crippen molar-refractivity contribution in [2.45, 2.75) is 52.0 Å². The predicted octanol–water partition coefficient (Wildman–Crippen LogP) is 1.74. The minimum absolute atomic E-state index is 0.00773. The number of nitrogens with one attached hydrogen (secondary N) is 1. The third kappa shape index (κ3) is 3.64. The van der Waals surface area contributed by atoms with E-state index in [-0.39, 0.29) is 29.7 Å². The van der Waals surface area contributed by atoms with Crippen LogP contribution in [0.3, 0.4) is 0 Å². The van der Waals surface area contributed by atoms with E-state index in [9.17, 15) is 24.0 Å². The number of hydrogen-bond donors (Lipinski definition) is 1. The van der Waals surface area contributed by atoms with Gasteiger partial charge in [-0.05, 0) is 30.5 Å². The normalized spacial score (nSPS) is 17.3. The van der Waals surface area contributed by atoms with Crippen LogP contribution in [-0.4, -0.2) is 31.0 Å². The molecule has 4 aromatic rings. The van der Waals surface area contributed by atoms with Crippen LogP contribution in [0.4, 0.5) is 0 Å². The largest absolute Gasteiger partial charge is 0.457 e. The number of aromatic nitrogens is 4. The summed E-state index contributed by atoms with van der Waals surface area (Å²) in [6, 6.07) is 10.6. The van der Waals surface area contributed by atoms with E-state index >= 15 is 0 Å². The van der Waals surface area contributed by atoms with E-state index in [0.29, 0.717) is 17.9 Å². The van der Waals surface area contributed by atoms with Crippen molar-refractivity contribution in [2.75, 3.05) is 0 Å². The predicted molar refractivity (Wildman–Crippen MR) is 139 cm³/mol. The van der Waals surface area contributed by atoms with Gasteiger partial charge in [0, 0.05) is 28.8 Å². The second-order valence-electron chi connectivity index (χ2n) is 9.57. The van der Waals surface area contributed by atoms with Crippen LogP contribution in [0.1, 0.15) is 42.5 Å². The molecule has 1 aromatic carbocycles. The molecule has 198 valence electrons. The average molecular weight is 529 g/mol. The zero-order valence-electron chi connectivity index (χ0n) is 21.3. The highest BCUT2D eigenvalue weighted by atomic mass is 16.6. The number of nitrogens with zero attached hydrogens (tertiary/aromatic N) is 3. The highest BCUT2D eigenvalue weighted by molar-refractivity contribution is 5.90. The van der Waals surface area contributed by atoms with Crippen molar-refractivity contribution in [3.8, 4) is 11.4 Å². The van der Waals surface area contributed by atoms with E-state index in [2.05, 4.69) is 11.9 Å². The lowest BCUT2D eigenvalue weighted by molar-refractivity contribution is -0.190. The zero-order valence-corrected chi connectivity index (χ0v) is 21.3. The molecule has 39 heavy (non-hydrogen) atoms. The van der Waals surface area contributed by atoms with E-state index in [1.54, 1.807) is 17.6 Å². The van der Waals surface area contributed by atoms with E-state index in [1.165, 1.54) is 0 Å². The summed E-state index contributed by atoms with van der Waals surface area (Å²) in [5.41, 5.74) is 0.869. The first-order valence-electron chi connectivity index (χ1n) is 12.6. The molecular weight excluding hydrogens is 504 g/mol. The van der Waals surface area contributed by atoms with Gasteiger partial charge in [-0.1, -0.05) is 32.0 Å². The molecular formula is C28H24N4O7. The Labute approximate surface area is 220 Å². The first-order valence-corrected chi connectivity index (χ1v) is 12.6. The molecule has 0 bridgehead atoms. The Kier molecular flexibility index (Phi) is 5.60. The average Bonchev–Trinajstić information content (AvgIpc) is 3.29. The maximum Gasteiger partial charge on any atom is 0.355 e. The molecule has 5 heterocycles. The number of aromatic amines is 1. The molecule has 0 radical (unpaired) electrons. The van der Waals surface area contributed by atoms with Crippen molar-refractivity contribution >= 4 is 22.8 Å². The van der Waals surface area contributed by atoms with Crippen LogP contribution < -0.4 is 16.8 Å². The number of H-pyrrole nitrogens is 1. The Morgan fingerprint density at radius 3 is 2.67 bits per heavy atom. The molecule has 0 fully saturated rings. The molecule has 11 nitrogen and oxygen atoms in total. The monoisotopic (exact) mass is 528 g/mol. The fourth-order valence-corrected chi connectivity index (χ4v) is 5.61. The van der Waals surface area contributed by atoms with E-state index in [4.69, 9.17) is 14.5 Å². The van der Waals surface area contributed by atoms with Gasteiger partial charge in [0.2, 0.25) is 5.60 Å². The van der Waals surface area contributed by atoms with Gasteiger partial charge < -0.3 is 14.0 Å². The first-order chi connectivity index (χ1) is 18.8. The lowest BCUT2D eigenvalue weighted by Gasteiger charge is -2.35. The summed E-state index contributed by atoms with van der Waals surface area (Å²) in [6.45, 7) is 3.23. The number of hydrogen-bond acceptors (Lipinski definition) is 8. The zero-order chi connectivity index (χ0) is 27.5. The molecule has 1 N–H and O–H groups in total. The van der Waals surface area contributed by atoms with Gasteiger partial charge in [0.25, 0.3) is 11.1 Å². The Morgan fingerprint density at radius 1 is 1.13 bits per heavy atom. The van der Waals surface area contributed by atoms with E-state index in [1.807, 2.05) is 24.3 Å². The lowest BCUT2D eigenvalue weighted by atomic mass is 9.85. The standard InChI is InChI=1S/C28H24N4O7/c1-3-15-16-7-5-6-8-20(16)29-24-17(15)12-32-21(24)11-19-18(25(32)35)14-38-26(36)28(19,4-2)39-23(34)13-31-10-9-22(33)30-27(31)37/h5-11H,3-4,12-14H2,1-2H3,(H,30,33,37)/t28-/m0/s1. The number of aryl methyl sites for hydroxylation is 1. The topological polar surface area (TPSA) is 142 Å². The van der Waals surface area contributed by atoms with Gasteiger partial charge in [-0.15, -0.1) is 0 Å². The highest BCUT2D eigenvalue weighted by Crippen LogP contribution is 2.42. The number of esters is 2. The summed E-state index contributed by atoms with van der Waals surface area (Å²) in [5, 5.41) is 1.03. The fourth-order valence-electron chi connectivity index (χ4n) is 5.61. The molecule has 0 aliphatic carbocycles. The molecule has 11 heteroatoms. The van der Waals surface area contributed by atoms with Crippen LogP contribution >= 0.6 is 0 Å². The van der Waals surface area contributed by atoms with Gasteiger partial charge in [-0.2, -0.15) is 0 Å². The lowest BCUT2D eigenvalue weighted by Crippen LogP contribution is -2.48. The Morgan fingerprint density at radius 2 is 1.92 bits per heavy atom. The van der Waals surface area contributed by atoms with Crippen LogP contribution in [0.2, 0.25) is 0 Å². The van der Waals surface area contributed by atoms with Crippen LogP contribution in [0.5, 0.6) is 0 Å². The molecule has 0 spiro atoms. The summed E-state index contributed by atoms with van der Waals surface area (Å²) in [6.07, 6.45) is 1.90. The quantitative estimate of drug-likeness (QED) is 0.340. The number of ether oxygens (including phenoxy) is 2. The van der Waals surface area contributed by atoms with Gasteiger partial charge in [-0.25, -0.2) is 14.6 Å². The summed E-state index contributed by atoms with van der Waals surface area (Å²) in [4.78, 5) is 70.3. The third-order valence-corrected chi connectivity index (χ3v) is 7.52. The molecule has 1 atom stereocenters. The minimum atomic E-state index is -1.89. The van der Waals surface area contributed by atoms with Crippen molar-refractivity contribution < 1.29 is 19.1 Å². The number of rotatable bonds is 5. The van der Waals surface area contributed by atoms with Crippen molar-refractivity contribution in [1.82, 2.24) is 19.1 Å². The molecule has 0 amide bonds. The minimum Gasteiger partial charge on any atom is -0.457 e. The smallest absolute Gasteiger partial charge is 0.355 e. The molecule has 3 aromatic heterocycles. The SMILES string of the molecule is CCc1c2c(nc3ccccc13)-c1cc3c(c(=O)n1C2)COC(=O)[C@@]3(CC)OC(=O)Cn1ccc(=O)[nH]c1=O. The summed E-state index contributed by atoms with van der Waals surface area (Å²) in [7, 11) is 0. The number of carbonyl (C=O) groups is 2. The third-order valence-electron chi connectivity index (χ3n) is 7.52. The molecule has 2 aliphatic heterocycles.